The van der Waals surface area contributed by atoms with Gasteiger partial charge in [0.2, 0.25) is 16.9 Å². The van der Waals surface area contributed by atoms with Crippen LogP contribution in [-0.2, 0) is 16.0 Å². The molecule has 0 bridgehead atoms. The standard InChI is InChI=1S/C17H26N4O3S/c1-2-6-13-19-20-16(25-13)21-10-12(9-14(21)22)15(23)18-11-17(24)7-4-3-5-8-17/h12,24H,2-11H2,1H3,(H,18,23). The molecule has 1 aromatic heterocycles. The van der Waals surface area contributed by atoms with E-state index in [4.69, 9.17) is 0 Å². The first-order chi connectivity index (χ1) is 12.0. The number of nitrogens with one attached hydrogen (secondary N) is 1. The van der Waals surface area contributed by atoms with Crippen molar-refractivity contribution in [1.29, 1.82) is 0 Å². The Morgan fingerprint density at radius 1 is 1.36 bits per heavy atom. The van der Waals surface area contributed by atoms with Gasteiger partial charge in [-0.1, -0.05) is 37.5 Å². The van der Waals surface area contributed by atoms with Gasteiger partial charge < -0.3 is 10.4 Å². The summed E-state index contributed by atoms with van der Waals surface area (Å²) in [7, 11) is 0. The summed E-state index contributed by atoms with van der Waals surface area (Å²) >= 11 is 1.42. The number of rotatable bonds is 6. The van der Waals surface area contributed by atoms with Crippen LogP contribution in [0.1, 0.15) is 56.9 Å². The second-order valence-corrected chi connectivity index (χ2v) is 8.18. The molecule has 3 rings (SSSR count). The van der Waals surface area contributed by atoms with E-state index in [0.29, 0.717) is 11.7 Å². The summed E-state index contributed by atoms with van der Waals surface area (Å²) in [6, 6.07) is 0. The van der Waals surface area contributed by atoms with Crippen LogP contribution in [0.15, 0.2) is 0 Å². The van der Waals surface area contributed by atoms with Crippen molar-refractivity contribution in [2.75, 3.05) is 18.0 Å². The molecule has 8 heteroatoms. The molecular formula is C17H26N4O3S. The molecule has 0 aromatic carbocycles. The maximum absolute atomic E-state index is 12.4. The van der Waals surface area contributed by atoms with E-state index in [9.17, 15) is 14.7 Å². The molecule has 1 atom stereocenters. The van der Waals surface area contributed by atoms with Gasteiger partial charge in [-0.25, -0.2) is 0 Å². The van der Waals surface area contributed by atoms with Crippen LogP contribution in [0.5, 0.6) is 0 Å². The van der Waals surface area contributed by atoms with Crippen molar-refractivity contribution in [3.05, 3.63) is 5.01 Å². The fourth-order valence-electron chi connectivity index (χ4n) is 3.52. The van der Waals surface area contributed by atoms with Crippen LogP contribution in [0, 0.1) is 5.92 Å². The average Bonchev–Trinajstić information content (AvgIpc) is 3.20. The van der Waals surface area contributed by atoms with Gasteiger partial charge >= 0.3 is 0 Å². The Labute approximate surface area is 151 Å². The molecule has 2 amide bonds. The molecule has 1 aliphatic carbocycles. The Hall–Kier alpha value is -1.54. The predicted molar refractivity (Wildman–Crippen MR) is 95.4 cm³/mol. The third kappa shape index (κ3) is 4.36. The van der Waals surface area contributed by atoms with E-state index in [1.807, 2.05) is 0 Å². The number of carbonyl (C=O) groups excluding carboxylic acids is 2. The quantitative estimate of drug-likeness (QED) is 0.798. The molecule has 25 heavy (non-hydrogen) atoms. The number of amides is 2. The summed E-state index contributed by atoms with van der Waals surface area (Å²) < 4.78 is 0. The fraction of sp³-hybridized carbons (Fsp3) is 0.765. The third-order valence-electron chi connectivity index (χ3n) is 5.02. The summed E-state index contributed by atoms with van der Waals surface area (Å²) in [6.07, 6.45) is 6.62. The number of anilines is 1. The van der Waals surface area contributed by atoms with Crippen LogP contribution in [0.4, 0.5) is 5.13 Å². The molecule has 138 valence electrons. The number of aryl methyl sites for hydroxylation is 1. The van der Waals surface area contributed by atoms with Crippen LogP contribution in [-0.4, -0.2) is 45.8 Å². The lowest BCUT2D eigenvalue weighted by Gasteiger charge is -2.32. The van der Waals surface area contributed by atoms with Crippen LogP contribution in [0.2, 0.25) is 0 Å². The Morgan fingerprint density at radius 3 is 2.84 bits per heavy atom. The van der Waals surface area contributed by atoms with Gasteiger partial charge in [0, 0.05) is 25.9 Å². The lowest BCUT2D eigenvalue weighted by Crippen LogP contribution is -2.46. The fourth-order valence-corrected chi connectivity index (χ4v) is 4.49. The third-order valence-corrected chi connectivity index (χ3v) is 6.03. The van der Waals surface area contributed by atoms with Crippen LogP contribution in [0.25, 0.3) is 0 Å². The Kier molecular flexibility index (Phi) is 5.68. The number of nitrogens with zero attached hydrogens (tertiary/aromatic N) is 3. The van der Waals surface area contributed by atoms with Crippen molar-refractivity contribution < 1.29 is 14.7 Å². The zero-order valence-corrected chi connectivity index (χ0v) is 15.5. The van der Waals surface area contributed by atoms with Gasteiger partial charge in [-0.3, -0.25) is 14.5 Å². The Balaban J connectivity index is 1.55. The summed E-state index contributed by atoms with van der Waals surface area (Å²) in [4.78, 5) is 26.3. The van der Waals surface area contributed by atoms with Crippen molar-refractivity contribution in [3.8, 4) is 0 Å². The molecule has 2 fully saturated rings. The van der Waals surface area contributed by atoms with Crippen LogP contribution < -0.4 is 10.2 Å². The molecule has 1 saturated carbocycles. The molecule has 0 radical (unpaired) electrons. The molecule has 2 N–H and O–H groups in total. The second-order valence-electron chi connectivity index (χ2n) is 7.14. The molecule has 0 spiro atoms. The lowest BCUT2D eigenvalue weighted by atomic mass is 9.85. The van der Waals surface area contributed by atoms with E-state index in [1.54, 1.807) is 4.90 Å². The number of hydrogen-bond acceptors (Lipinski definition) is 6. The highest BCUT2D eigenvalue weighted by Gasteiger charge is 2.38. The van der Waals surface area contributed by atoms with E-state index in [2.05, 4.69) is 22.4 Å². The van der Waals surface area contributed by atoms with Crippen molar-refractivity contribution in [2.45, 2.75) is 63.9 Å². The second kappa shape index (κ2) is 7.78. The number of aromatic nitrogens is 2. The summed E-state index contributed by atoms with van der Waals surface area (Å²) in [5.74, 6) is -0.637. The first-order valence-corrected chi connectivity index (χ1v) is 9.95. The van der Waals surface area contributed by atoms with Gasteiger partial charge in [0.15, 0.2) is 0 Å². The van der Waals surface area contributed by atoms with Gasteiger partial charge in [0.05, 0.1) is 11.5 Å². The van der Waals surface area contributed by atoms with Gasteiger partial charge in [-0.2, -0.15) is 0 Å². The largest absolute Gasteiger partial charge is 0.388 e. The topological polar surface area (TPSA) is 95.4 Å². The van der Waals surface area contributed by atoms with E-state index in [-0.39, 0.29) is 24.8 Å². The van der Waals surface area contributed by atoms with Gasteiger partial charge in [0.25, 0.3) is 0 Å². The maximum atomic E-state index is 12.4. The van der Waals surface area contributed by atoms with Crippen molar-refractivity contribution in [1.82, 2.24) is 15.5 Å². The minimum absolute atomic E-state index is 0.0873. The maximum Gasteiger partial charge on any atom is 0.229 e. The van der Waals surface area contributed by atoms with E-state index >= 15 is 0 Å². The van der Waals surface area contributed by atoms with Gasteiger partial charge in [-0.15, -0.1) is 10.2 Å². The summed E-state index contributed by atoms with van der Waals surface area (Å²) in [5.41, 5.74) is -0.787. The van der Waals surface area contributed by atoms with Gasteiger partial charge in [-0.05, 0) is 19.3 Å². The van der Waals surface area contributed by atoms with Crippen LogP contribution in [0.3, 0.4) is 0 Å². The molecule has 1 saturated heterocycles. The van der Waals surface area contributed by atoms with Crippen molar-refractivity contribution in [3.63, 3.8) is 0 Å². The molecule has 2 heterocycles. The first kappa shape index (κ1) is 18.3. The number of aliphatic hydroxyl groups is 1. The van der Waals surface area contributed by atoms with E-state index < -0.39 is 11.5 Å². The monoisotopic (exact) mass is 366 g/mol. The highest BCUT2D eigenvalue weighted by atomic mass is 32.1. The SMILES string of the molecule is CCCc1nnc(N2CC(C(=O)NCC3(O)CCCCC3)CC2=O)s1. The first-order valence-electron chi connectivity index (χ1n) is 9.13. The molecular weight excluding hydrogens is 340 g/mol. The molecule has 7 nitrogen and oxygen atoms in total. The normalized spacial score (nSPS) is 23.0. The zero-order valence-electron chi connectivity index (χ0n) is 14.7. The minimum Gasteiger partial charge on any atom is -0.388 e. The van der Waals surface area contributed by atoms with Crippen molar-refractivity contribution >= 4 is 28.3 Å². The number of carbonyl (C=O) groups is 2. The Bertz CT molecular complexity index is 627. The smallest absolute Gasteiger partial charge is 0.229 e. The highest BCUT2D eigenvalue weighted by molar-refractivity contribution is 7.15. The molecule has 2 aliphatic rings. The molecule has 1 aromatic rings. The minimum atomic E-state index is -0.787. The number of hydrogen-bond donors (Lipinski definition) is 2. The average molecular weight is 366 g/mol. The highest BCUT2D eigenvalue weighted by Crippen LogP contribution is 2.29. The zero-order chi connectivity index (χ0) is 17.9. The van der Waals surface area contributed by atoms with Gasteiger partial charge in [0.1, 0.15) is 5.01 Å². The summed E-state index contributed by atoms with van der Waals surface area (Å²) in [6.45, 7) is 2.68. The molecule has 1 unspecified atom stereocenters. The summed E-state index contributed by atoms with van der Waals surface area (Å²) in [5, 5.41) is 23.0. The van der Waals surface area contributed by atoms with Crippen molar-refractivity contribution in [2.24, 2.45) is 5.92 Å². The van der Waals surface area contributed by atoms with E-state index in [0.717, 1.165) is 50.0 Å². The molecule has 1 aliphatic heterocycles. The van der Waals surface area contributed by atoms with Crippen LogP contribution >= 0.6 is 11.3 Å². The van der Waals surface area contributed by atoms with E-state index in [1.165, 1.54) is 11.3 Å². The Morgan fingerprint density at radius 2 is 2.12 bits per heavy atom. The predicted octanol–water partition coefficient (Wildman–Crippen LogP) is 1.65. The lowest BCUT2D eigenvalue weighted by molar-refractivity contribution is -0.127.